The molecule has 0 spiro atoms. The number of hydrogen-bond acceptors (Lipinski definition) is 8. The molecule has 0 radical (unpaired) electrons. The molecule has 0 bridgehead atoms. The molecule has 0 fully saturated rings. The van der Waals surface area contributed by atoms with E-state index in [1.807, 2.05) is 6.92 Å². The van der Waals surface area contributed by atoms with Gasteiger partial charge in [-0.2, -0.15) is 0 Å². The largest absolute Gasteiger partial charge is 0.486 e. The zero-order valence-electron chi connectivity index (χ0n) is 18.2. The summed E-state index contributed by atoms with van der Waals surface area (Å²) in [4.78, 5) is 37.6. The van der Waals surface area contributed by atoms with Gasteiger partial charge >= 0.3 is 11.9 Å². The number of anilines is 1. The summed E-state index contributed by atoms with van der Waals surface area (Å²) in [7, 11) is 1.24. The van der Waals surface area contributed by atoms with Crippen molar-refractivity contribution in [2.24, 2.45) is 0 Å². The Labute approximate surface area is 199 Å². The first-order valence-corrected chi connectivity index (χ1v) is 11.2. The van der Waals surface area contributed by atoms with E-state index in [0.29, 0.717) is 28.5 Å². The van der Waals surface area contributed by atoms with Gasteiger partial charge in [-0.15, -0.1) is 11.3 Å². The third kappa shape index (κ3) is 5.94. The standard InChI is InChI=1S/C23H22ClNO7S/c1-4-10-30-22(27)18-13(2)19(23(28)29-3)33-21(18)25-20(26)17-9-8-16(32-17)12-31-15-7-5-6-14(24)11-15/h5-9,11H,4,10,12H2,1-3H3,(H,25,26). The smallest absolute Gasteiger partial charge is 0.348 e. The molecule has 1 amide bonds. The summed E-state index contributed by atoms with van der Waals surface area (Å²) < 4.78 is 21.2. The molecular weight excluding hydrogens is 470 g/mol. The Morgan fingerprint density at radius 2 is 1.94 bits per heavy atom. The number of esters is 2. The second kappa shape index (κ2) is 11.0. The Hall–Kier alpha value is -3.30. The molecule has 0 saturated heterocycles. The molecule has 2 aromatic heterocycles. The van der Waals surface area contributed by atoms with Crippen LogP contribution in [0.25, 0.3) is 0 Å². The summed E-state index contributed by atoms with van der Waals surface area (Å²) in [6, 6.07) is 9.99. The van der Waals surface area contributed by atoms with Crippen LogP contribution in [0.4, 0.5) is 5.00 Å². The van der Waals surface area contributed by atoms with Crippen molar-refractivity contribution in [3.05, 3.63) is 68.9 Å². The summed E-state index contributed by atoms with van der Waals surface area (Å²) in [6.07, 6.45) is 0.632. The van der Waals surface area contributed by atoms with Crippen molar-refractivity contribution in [1.82, 2.24) is 0 Å². The maximum absolute atomic E-state index is 12.8. The minimum Gasteiger partial charge on any atom is -0.486 e. The lowest BCUT2D eigenvalue weighted by Gasteiger charge is -2.07. The van der Waals surface area contributed by atoms with Crippen LogP contribution in [-0.4, -0.2) is 31.6 Å². The summed E-state index contributed by atoms with van der Waals surface area (Å²) in [5.74, 6) is -0.846. The van der Waals surface area contributed by atoms with Crippen LogP contribution in [0.3, 0.4) is 0 Å². The van der Waals surface area contributed by atoms with Gasteiger partial charge in [0.15, 0.2) is 5.76 Å². The maximum Gasteiger partial charge on any atom is 0.348 e. The van der Waals surface area contributed by atoms with Gasteiger partial charge < -0.3 is 23.9 Å². The Bertz CT molecular complexity index is 1170. The SMILES string of the molecule is CCCOC(=O)c1c(NC(=O)c2ccc(COc3cccc(Cl)c3)o2)sc(C(=O)OC)c1C. The van der Waals surface area contributed by atoms with E-state index in [-0.39, 0.29) is 34.4 Å². The second-order valence-electron chi connectivity index (χ2n) is 6.85. The molecular formula is C23H22ClNO7S. The van der Waals surface area contributed by atoms with Crippen LogP contribution >= 0.6 is 22.9 Å². The summed E-state index contributed by atoms with van der Waals surface area (Å²) in [5, 5.41) is 3.35. The molecule has 0 atom stereocenters. The number of methoxy groups -OCH3 is 1. The Kier molecular flexibility index (Phi) is 8.13. The number of carbonyl (C=O) groups excluding carboxylic acids is 3. The topological polar surface area (TPSA) is 104 Å². The monoisotopic (exact) mass is 491 g/mol. The fraction of sp³-hybridized carbons (Fsp3) is 0.261. The molecule has 1 aromatic carbocycles. The summed E-state index contributed by atoms with van der Waals surface area (Å²) in [5.41, 5.74) is 0.483. The van der Waals surface area contributed by atoms with Crippen LogP contribution in [0.5, 0.6) is 5.75 Å². The van der Waals surface area contributed by atoms with E-state index in [0.717, 1.165) is 11.3 Å². The quantitative estimate of drug-likeness (QED) is 0.395. The normalized spacial score (nSPS) is 10.5. The first-order chi connectivity index (χ1) is 15.8. The molecule has 8 nitrogen and oxygen atoms in total. The summed E-state index contributed by atoms with van der Waals surface area (Å²) >= 11 is 6.87. The number of halogens is 1. The number of ether oxygens (including phenoxy) is 3. The minimum atomic E-state index is -0.633. The lowest BCUT2D eigenvalue weighted by Crippen LogP contribution is -2.14. The average Bonchev–Trinajstić information content (AvgIpc) is 3.40. The van der Waals surface area contributed by atoms with E-state index >= 15 is 0 Å². The van der Waals surface area contributed by atoms with E-state index in [1.54, 1.807) is 37.3 Å². The lowest BCUT2D eigenvalue weighted by molar-refractivity contribution is 0.0506. The van der Waals surface area contributed by atoms with Crippen LogP contribution < -0.4 is 10.1 Å². The highest BCUT2D eigenvalue weighted by Gasteiger charge is 2.28. The third-order valence-electron chi connectivity index (χ3n) is 4.45. The van der Waals surface area contributed by atoms with Crippen molar-refractivity contribution >= 4 is 45.8 Å². The number of nitrogens with one attached hydrogen (secondary N) is 1. The van der Waals surface area contributed by atoms with Gasteiger partial charge in [0.1, 0.15) is 28.0 Å². The zero-order chi connectivity index (χ0) is 24.0. The zero-order valence-corrected chi connectivity index (χ0v) is 19.8. The van der Waals surface area contributed by atoms with Crippen LogP contribution in [0, 0.1) is 6.92 Å². The Morgan fingerprint density at radius 3 is 2.64 bits per heavy atom. The molecule has 2 heterocycles. The predicted molar refractivity (Wildman–Crippen MR) is 123 cm³/mol. The van der Waals surface area contributed by atoms with Crippen molar-refractivity contribution in [2.75, 3.05) is 19.0 Å². The fourth-order valence-corrected chi connectivity index (χ4v) is 4.14. The molecule has 0 aliphatic rings. The van der Waals surface area contributed by atoms with Gasteiger partial charge in [-0.1, -0.05) is 24.6 Å². The Balaban J connectivity index is 1.76. The molecule has 174 valence electrons. The first-order valence-electron chi connectivity index (χ1n) is 10.0. The molecule has 0 aliphatic heterocycles. The Morgan fingerprint density at radius 1 is 1.15 bits per heavy atom. The van der Waals surface area contributed by atoms with Gasteiger partial charge in [-0.05, 0) is 49.2 Å². The van der Waals surface area contributed by atoms with Gasteiger partial charge in [0.05, 0.1) is 19.3 Å². The number of thiophene rings is 1. The molecule has 33 heavy (non-hydrogen) atoms. The molecule has 0 saturated carbocycles. The van der Waals surface area contributed by atoms with Crippen LogP contribution in [0.2, 0.25) is 5.02 Å². The third-order valence-corrected chi connectivity index (χ3v) is 5.87. The number of furan rings is 1. The predicted octanol–water partition coefficient (Wildman–Crippen LogP) is 5.49. The number of amides is 1. The van der Waals surface area contributed by atoms with E-state index in [1.165, 1.54) is 13.2 Å². The van der Waals surface area contributed by atoms with Gasteiger partial charge in [-0.3, -0.25) is 4.79 Å². The maximum atomic E-state index is 12.8. The molecule has 10 heteroatoms. The average molecular weight is 492 g/mol. The second-order valence-corrected chi connectivity index (χ2v) is 8.31. The van der Waals surface area contributed by atoms with Gasteiger partial charge in [-0.25, -0.2) is 9.59 Å². The lowest BCUT2D eigenvalue weighted by atomic mass is 10.1. The molecule has 0 unspecified atom stereocenters. The number of carbonyl (C=O) groups is 3. The molecule has 1 N–H and O–H groups in total. The molecule has 3 rings (SSSR count). The number of hydrogen-bond donors (Lipinski definition) is 1. The fourth-order valence-electron chi connectivity index (χ4n) is 2.86. The highest BCUT2D eigenvalue weighted by Crippen LogP contribution is 2.34. The van der Waals surface area contributed by atoms with Gasteiger partial charge in [0.2, 0.25) is 0 Å². The van der Waals surface area contributed by atoms with Crippen molar-refractivity contribution in [1.29, 1.82) is 0 Å². The highest BCUT2D eigenvalue weighted by molar-refractivity contribution is 7.18. The van der Waals surface area contributed by atoms with Gasteiger partial charge in [0.25, 0.3) is 5.91 Å². The first kappa shape index (κ1) is 24.3. The van der Waals surface area contributed by atoms with E-state index in [2.05, 4.69) is 5.32 Å². The minimum absolute atomic E-state index is 0.0123. The van der Waals surface area contributed by atoms with E-state index in [4.69, 9.17) is 30.2 Å². The number of rotatable bonds is 9. The summed E-state index contributed by atoms with van der Waals surface area (Å²) in [6.45, 7) is 3.76. The van der Waals surface area contributed by atoms with Crippen molar-refractivity contribution < 1.29 is 33.0 Å². The van der Waals surface area contributed by atoms with Crippen molar-refractivity contribution in [2.45, 2.75) is 26.9 Å². The molecule has 0 aliphatic carbocycles. The molecule has 3 aromatic rings. The van der Waals surface area contributed by atoms with Crippen LogP contribution in [0.1, 0.15) is 55.3 Å². The van der Waals surface area contributed by atoms with Gasteiger partial charge in [0, 0.05) is 5.02 Å². The van der Waals surface area contributed by atoms with Crippen molar-refractivity contribution in [3.63, 3.8) is 0 Å². The van der Waals surface area contributed by atoms with Crippen LogP contribution in [0.15, 0.2) is 40.8 Å². The van der Waals surface area contributed by atoms with E-state index in [9.17, 15) is 14.4 Å². The number of benzene rings is 1. The van der Waals surface area contributed by atoms with Crippen molar-refractivity contribution in [3.8, 4) is 5.75 Å². The van der Waals surface area contributed by atoms with E-state index < -0.39 is 17.8 Å². The highest BCUT2D eigenvalue weighted by atomic mass is 35.5. The van der Waals surface area contributed by atoms with Crippen LogP contribution in [-0.2, 0) is 16.1 Å².